The molecule has 35 heavy (non-hydrogen) atoms. The number of halogens is 1. The van der Waals surface area contributed by atoms with Crippen LogP contribution in [0.2, 0.25) is 0 Å². The molecule has 1 aromatic carbocycles. The molecular formula is C22H30ClN5O6S. The Labute approximate surface area is 209 Å². The average Bonchev–Trinajstić information content (AvgIpc) is 2.68. The summed E-state index contributed by atoms with van der Waals surface area (Å²) in [7, 11) is -4.35. The molecule has 0 atom stereocenters. The molecule has 13 heteroatoms. The maximum Gasteiger partial charge on any atom is 0.321 e. The van der Waals surface area contributed by atoms with Gasteiger partial charge in [-0.05, 0) is 53.7 Å². The van der Waals surface area contributed by atoms with Gasteiger partial charge in [0.25, 0.3) is 0 Å². The van der Waals surface area contributed by atoms with Crippen molar-refractivity contribution >= 4 is 56.2 Å². The van der Waals surface area contributed by atoms with Crippen LogP contribution in [0.4, 0.5) is 5.69 Å². The van der Waals surface area contributed by atoms with Crippen LogP contribution in [0.3, 0.4) is 0 Å². The van der Waals surface area contributed by atoms with Crippen LogP contribution >= 0.6 is 11.8 Å². The molecule has 0 aliphatic rings. The van der Waals surface area contributed by atoms with Crippen LogP contribution in [0, 0.1) is 5.41 Å². The van der Waals surface area contributed by atoms with E-state index < -0.39 is 52.2 Å². The van der Waals surface area contributed by atoms with Gasteiger partial charge in [0.2, 0.25) is 16.0 Å². The zero-order valence-corrected chi connectivity index (χ0v) is 22.0. The smallest absolute Gasteiger partial charge is 0.321 e. The molecule has 2 rings (SSSR count). The molecule has 3 N–H and O–H groups in total. The second kappa shape index (κ2) is 10.3. The average molecular weight is 528 g/mol. The van der Waals surface area contributed by atoms with Gasteiger partial charge >= 0.3 is 11.9 Å². The highest BCUT2D eigenvalue weighted by Crippen LogP contribution is 2.29. The summed E-state index contributed by atoms with van der Waals surface area (Å²) in [6.07, 6.45) is 2.79. The maximum absolute atomic E-state index is 13.5. The zero-order chi connectivity index (χ0) is 26.8. The van der Waals surface area contributed by atoms with Crippen LogP contribution in [0.5, 0.6) is 0 Å². The number of carbonyl (C=O) groups excluding carboxylic acids is 2. The molecule has 0 fully saturated rings. The molecule has 0 spiro atoms. The number of carbonyl (C=O) groups is 2. The number of nitrogens with two attached hydrogens (primary N) is 1. The van der Waals surface area contributed by atoms with Gasteiger partial charge in [-0.25, -0.2) is 12.8 Å². The highest BCUT2D eigenvalue weighted by atomic mass is 35.5. The Morgan fingerprint density at radius 3 is 2.00 bits per heavy atom. The van der Waals surface area contributed by atoms with E-state index in [1.54, 1.807) is 41.5 Å². The number of benzene rings is 1. The van der Waals surface area contributed by atoms with Crippen molar-refractivity contribution < 1.29 is 27.5 Å². The quantitative estimate of drug-likeness (QED) is 0.239. The van der Waals surface area contributed by atoms with E-state index in [1.165, 1.54) is 30.6 Å². The Morgan fingerprint density at radius 1 is 1.03 bits per heavy atom. The SMILES string of the molecule is CC(C)(C)OC(=O)CN(CC(=O)OC(C)(C)C)S(=O)(=O)c1ccc2c(N(Cl)C(=N)N)cncc2c1. The first-order valence-corrected chi connectivity index (χ1v) is 12.3. The lowest BCUT2D eigenvalue weighted by molar-refractivity contribution is -0.157. The van der Waals surface area contributed by atoms with Crippen molar-refractivity contribution in [2.75, 3.05) is 17.5 Å². The summed E-state index contributed by atoms with van der Waals surface area (Å²) in [5.41, 5.74) is 4.01. The Bertz CT molecular complexity index is 1210. The fourth-order valence-electron chi connectivity index (χ4n) is 3.00. The van der Waals surface area contributed by atoms with Gasteiger partial charge in [0.1, 0.15) is 24.3 Å². The first-order valence-electron chi connectivity index (χ1n) is 10.5. The first-order chi connectivity index (χ1) is 15.9. The van der Waals surface area contributed by atoms with Gasteiger partial charge in [-0.2, -0.15) is 4.31 Å². The van der Waals surface area contributed by atoms with Gasteiger partial charge in [-0.1, -0.05) is 6.07 Å². The highest BCUT2D eigenvalue weighted by molar-refractivity contribution is 7.89. The molecule has 0 amide bonds. The number of anilines is 1. The number of nitrogens with one attached hydrogen (secondary N) is 1. The monoisotopic (exact) mass is 527 g/mol. The third-order valence-electron chi connectivity index (χ3n) is 4.22. The van der Waals surface area contributed by atoms with Crippen molar-refractivity contribution in [2.24, 2.45) is 5.73 Å². The summed E-state index contributed by atoms with van der Waals surface area (Å²) >= 11 is 6.03. The van der Waals surface area contributed by atoms with Gasteiger partial charge in [0.15, 0.2) is 0 Å². The van der Waals surface area contributed by atoms with E-state index in [9.17, 15) is 18.0 Å². The van der Waals surface area contributed by atoms with Gasteiger partial charge in [0.05, 0.1) is 16.8 Å². The summed E-state index contributed by atoms with van der Waals surface area (Å²) in [5.74, 6) is -2.10. The minimum absolute atomic E-state index is 0.194. The molecule has 0 saturated heterocycles. The molecular weight excluding hydrogens is 498 g/mol. The predicted molar refractivity (Wildman–Crippen MR) is 132 cm³/mol. The van der Waals surface area contributed by atoms with Crippen molar-refractivity contribution in [3.63, 3.8) is 0 Å². The molecule has 0 aliphatic carbocycles. The molecule has 0 radical (unpaired) electrons. The third-order valence-corrected chi connectivity index (χ3v) is 6.37. The second-order valence-electron chi connectivity index (χ2n) is 9.65. The number of hydrogen-bond acceptors (Lipinski definition) is 8. The Kier molecular flexibility index (Phi) is 8.36. The fourth-order valence-corrected chi connectivity index (χ4v) is 4.50. The highest BCUT2D eigenvalue weighted by Gasteiger charge is 2.32. The number of esters is 2. The minimum atomic E-state index is -4.35. The topological polar surface area (TPSA) is 156 Å². The summed E-state index contributed by atoms with van der Waals surface area (Å²) in [6, 6.07) is 4.09. The van der Waals surface area contributed by atoms with Crippen LogP contribution < -0.4 is 10.2 Å². The summed E-state index contributed by atoms with van der Waals surface area (Å²) in [6.45, 7) is 8.47. The number of aromatic nitrogens is 1. The summed E-state index contributed by atoms with van der Waals surface area (Å²) < 4.78 is 39.1. The summed E-state index contributed by atoms with van der Waals surface area (Å²) in [5, 5.41) is 8.38. The Hall–Kier alpha value is -2.96. The third kappa shape index (κ3) is 7.77. The van der Waals surface area contributed by atoms with Crippen LogP contribution in [0.15, 0.2) is 35.5 Å². The van der Waals surface area contributed by atoms with Gasteiger partial charge in [0, 0.05) is 28.7 Å². The van der Waals surface area contributed by atoms with E-state index >= 15 is 0 Å². The molecule has 0 aliphatic heterocycles. The molecule has 1 aromatic heterocycles. The van der Waals surface area contributed by atoms with Crippen LogP contribution in [0.25, 0.3) is 10.8 Å². The fraction of sp³-hybridized carbons (Fsp3) is 0.455. The minimum Gasteiger partial charge on any atom is -0.459 e. The van der Waals surface area contributed by atoms with Crippen molar-refractivity contribution in [3.8, 4) is 0 Å². The standard InChI is InChI=1S/C22H30ClN5O6S/c1-21(2,3)33-18(29)12-27(13-19(30)34-22(4,5)6)35(31,32)15-7-8-16-14(9-15)10-26-11-17(16)28(23)20(24)25/h7-11H,12-13H2,1-6H3,(H3,24,25). The molecule has 0 bridgehead atoms. The van der Waals surface area contributed by atoms with E-state index in [0.29, 0.717) is 15.1 Å². The van der Waals surface area contributed by atoms with Crippen molar-refractivity contribution in [1.82, 2.24) is 9.29 Å². The van der Waals surface area contributed by atoms with E-state index in [1.807, 2.05) is 0 Å². The molecule has 2 aromatic rings. The molecule has 192 valence electrons. The molecule has 0 saturated carbocycles. The number of guanidine groups is 1. The van der Waals surface area contributed by atoms with Gasteiger partial charge in [-0.3, -0.25) is 20.0 Å². The summed E-state index contributed by atoms with van der Waals surface area (Å²) in [4.78, 5) is 28.8. The van der Waals surface area contributed by atoms with Crippen LogP contribution in [-0.2, 0) is 29.1 Å². The first kappa shape index (κ1) is 28.3. The van der Waals surface area contributed by atoms with E-state index in [4.69, 9.17) is 32.4 Å². The Morgan fingerprint density at radius 2 is 1.54 bits per heavy atom. The number of hydrogen-bond donors (Lipinski definition) is 2. The molecule has 0 unspecified atom stereocenters. The van der Waals surface area contributed by atoms with Gasteiger partial charge in [-0.15, -0.1) is 0 Å². The number of rotatable bonds is 7. The van der Waals surface area contributed by atoms with E-state index in [2.05, 4.69) is 4.98 Å². The largest absolute Gasteiger partial charge is 0.459 e. The lowest BCUT2D eigenvalue weighted by atomic mass is 10.1. The Balaban J connectivity index is 2.50. The lowest BCUT2D eigenvalue weighted by Crippen LogP contribution is -2.43. The van der Waals surface area contributed by atoms with E-state index in [0.717, 1.165) is 4.42 Å². The van der Waals surface area contributed by atoms with Crippen LogP contribution in [0.1, 0.15) is 41.5 Å². The zero-order valence-electron chi connectivity index (χ0n) is 20.5. The predicted octanol–water partition coefficient (Wildman–Crippen LogP) is 2.76. The number of nitrogens with zero attached hydrogens (tertiary/aromatic N) is 3. The van der Waals surface area contributed by atoms with Crippen molar-refractivity contribution in [3.05, 3.63) is 30.6 Å². The van der Waals surface area contributed by atoms with E-state index in [-0.39, 0.29) is 10.6 Å². The molecule has 1 heterocycles. The van der Waals surface area contributed by atoms with Crippen molar-refractivity contribution in [2.45, 2.75) is 57.6 Å². The molecule has 11 nitrogen and oxygen atoms in total. The van der Waals surface area contributed by atoms with Crippen LogP contribution in [-0.4, -0.2) is 59.9 Å². The normalized spacial score (nSPS) is 12.5. The van der Waals surface area contributed by atoms with Gasteiger partial charge < -0.3 is 15.2 Å². The number of ether oxygens (including phenoxy) is 2. The van der Waals surface area contributed by atoms with Crippen molar-refractivity contribution in [1.29, 1.82) is 5.41 Å². The maximum atomic E-state index is 13.5. The lowest BCUT2D eigenvalue weighted by Gasteiger charge is -2.26. The number of fused-ring (bicyclic) bond motifs is 1. The second-order valence-corrected chi connectivity index (χ2v) is 11.9. The number of sulfonamides is 1. The number of pyridine rings is 1.